The van der Waals surface area contributed by atoms with Crippen LogP contribution in [0.15, 0.2) is 66.2 Å². The Morgan fingerprint density at radius 1 is 0.905 bits per heavy atom. The smallest absolute Gasteiger partial charge is 0.333 e. The van der Waals surface area contributed by atoms with Gasteiger partial charge < -0.3 is 20.3 Å². The summed E-state index contributed by atoms with van der Waals surface area (Å²) in [6, 6.07) is 16.7. The highest BCUT2D eigenvalue weighted by atomic mass is 16.5. The van der Waals surface area contributed by atoms with Crippen LogP contribution in [0.25, 0.3) is 11.1 Å². The minimum atomic E-state index is -0.792. The average molecular weight is 578 g/mol. The number of nitrogens with one attached hydrogen (secondary N) is 2. The van der Waals surface area contributed by atoms with Gasteiger partial charge in [-0.1, -0.05) is 109 Å². The van der Waals surface area contributed by atoms with Crippen LogP contribution in [0.5, 0.6) is 0 Å². The molecule has 0 unspecified atom stereocenters. The van der Waals surface area contributed by atoms with Gasteiger partial charge in [0.25, 0.3) is 0 Å². The van der Waals surface area contributed by atoms with Gasteiger partial charge in [0.05, 0.1) is 18.7 Å². The topological polar surface area (TPSA) is 87.7 Å². The van der Waals surface area contributed by atoms with E-state index >= 15 is 0 Å². The molecule has 0 aromatic heterocycles. The van der Waals surface area contributed by atoms with Crippen molar-refractivity contribution in [3.05, 3.63) is 71.8 Å². The third kappa shape index (κ3) is 8.54. The van der Waals surface area contributed by atoms with E-state index in [1.54, 1.807) is 38.9 Å². The van der Waals surface area contributed by atoms with Gasteiger partial charge in [-0.3, -0.25) is 9.59 Å². The van der Waals surface area contributed by atoms with Gasteiger partial charge in [0.15, 0.2) is 0 Å². The van der Waals surface area contributed by atoms with Crippen molar-refractivity contribution in [1.82, 2.24) is 15.5 Å². The molecule has 3 atom stereocenters. The predicted molar refractivity (Wildman–Crippen MR) is 171 cm³/mol. The van der Waals surface area contributed by atoms with E-state index in [-0.39, 0.29) is 30.4 Å². The van der Waals surface area contributed by atoms with Gasteiger partial charge in [0, 0.05) is 18.0 Å². The first-order valence-electron chi connectivity index (χ1n) is 14.8. The number of ether oxygens (including phenoxy) is 1. The molecular weight excluding hydrogens is 526 g/mol. The minimum Gasteiger partial charge on any atom is -0.463 e. The molecule has 230 valence electrons. The van der Waals surface area contributed by atoms with Gasteiger partial charge in [-0.05, 0) is 48.9 Å². The first kappa shape index (κ1) is 34.7. The third-order valence-electron chi connectivity index (χ3n) is 7.90. The number of esters is 1. The standard InChI is InChI=1S/C35H51N3O4/c1-12-42-33(41)24(4)22-28(23(2)3)38(11)32(40)30(34(5,6)7)37-31(39)29(36-10)35(8,9)27-20-18-26(19-21-27)25-16-14-13-15-17-25/h13-23,28-30,36H,12H2,1-11H3,(H,37,39)/b24-22+/t28-,29+,30-/m1/s1. The van der Waals surface area contributed by atoms with Gasteiger partial charge in [-0.25, -0.2) is 4.79 Å². The van der Waals surface area contributed by atoms with Crippen LogP contribution in [-0.2, 0) is 24.5 Å². The van der Waals surface area contributed by atoms with Gasteiger partial charge in [0.2, 0.25) is 11.8 Å². The number of hydrogen-bond donors (Lipinski definition) is 2. The molecule has 7 heteroatoms. The molecule has 2 aromatic rings. The molecule has 0 spiro atoms. The van der Waals surface area contributed by atoms with Crippen LogP contribution < -0.4 is 10.6 Å². The van der Waals surface area contributed by atoms with Crippen LogP contribution in [0, 0.1) is 11.3 Å². The fourth-order valence-corrected chi connectivity index (χ4v) is 5.25. The van der Waals surface area contributed by atoms with Crippen LogP contribution in [0.3, 0.4) is 0 Å². The number of rotatable bonds is 12. The van der Waals surface area contributed by atoms with Crippen molar-refractivity contribution in [2.75, 3.05) is 20.7 Å². The lowest BCUT2D eigenvalue weighted by molar-refractivity contribution is -0.141. The van der Waals surface area contributed by atoms with Crippen molar-refractivity contribution in [3.8, 4) is 11.1 Å². The maximum atomic E-state index is 14.0. The van der Waals surface area contributed by atoms with E-state index in [0.717, 1.165) is 16.7 Å². The van der Waals surface area contributed by atoms with Crippen LogP contribution in [0.1, 0.15) is 67.9 Å². The summed E-state index contributed by atoms with van der Waals surface area (Å²) in [6.45, 7) is 17.6. The first-order chi connectivity index (χ1) is 19.6. The Labute approximate surface area is 253 Å². The van der Waals surface area contributed by atoms with Crippen LogP contribution in [0.2, 0.25) is 0 Å². The maximum absolute atomic E-state index is 14.0. The molecule has 2 amide bonds. The fraction of sp³-hybridized carbons (Fsp3) is 0.514. The van der Waals surface area contributed by atoms with Crippen molar-refractivity contribution >= 4 is 17.8 Å². The Kier molecular flexibility index (Phi) is 12.1. The molecule has 0 saturated heterocycles. The van der Waals surface area contributed by atoms with E-state index in [4.69, 9.17) is 4.74 Å². The molecule has 0 aliphatic heterocycles. The zero-order chi connectivity index (χ0) is 31.8. The summed E-state index contributed by atoms with van der Waals surface area (Å²) in [7, 11) is 3.49. The lowest BCUT2D eigenvalue weighted by Gasteiger charge is -2.40. The normalized spacial score (nSPS) is 14.6. The van der Waals surface area contributed by atoms with Crippen molar-refractivity contribution in [1.29, 1.82) is 0 Å². The SMILES string of the molecule is CCOC(=O)/C(C)=C/[C@H](C(C)C)N(C)C(=O)[C@@H](NC(=O)[C@H](NC)C(C)(C)c1ccc(-c2ccccc2)cc1)C(C)(C)C. The predicted octanol–water partition coefficient (Wildman–Crippen LogP) is 5.74. The first-order valence-corrected chi connectivity index (χ1v) is 14.8. The number of carbonyl (C=O) groups is 3. The Morgan fingerprint density at radius 2 is 1.45 bits per heavy atom. The van der Waals surface area contributed by atoms with Crippen molar-refractivity contribution in [3.63, 3.8) is 0 Å². The van der Waals surface area contributed by atoms with E-state index in [1.165, 1.54) is 0 Å². The van der Waals surface area contributed by atoms with Crippen molar-refractivity contribution in [2.45, 2.75) is 85.9 Å². The van der Waals surface area contributed by atoms with E-state index in [1.807, 2.05) is 66.7 Å². The second kappa shape index (κ2) is 14.6. The highest BCUT2D eigenvalue weighted by Gasteiger charge is 2.41. The number of likely N-dealkylation sites (N-methyl/N-ethyl adjacent to an activating group) is 2. The zero-order valence-corrected chi connectivity index (χ0v) is 27.4. The molecule has 0 aliphatic carbocycles. The fourth-order valence-electron chi connectivity index (χ4n) is 5.25. The van der Waals surface area contributed by atoms with E-state index in [0.29, 0.717) is 5.57 Å². The molecule has 0 fully saturated rings. The molecule has 2 aromatic carbocycles. The summed E-state index contributed by atoms with van der Waals surface area (Å²) in [5.74, 6) is -0.846. The number of amides is 2. The average Bonchev–Trinajstić information content (AvgIpc) is 2.93. The molecule has 0 radical (unpaired) electrons. The minimum absolute atomic E-state index is 0.0301. The molecule has 0 aliphatic rings. The lowest BCUT2D eigenvalue weighted by Crippen LogP contribution is -2.61. The lowest BCUT2D eigenvalue weighted by atomic mass is 9.76. The molecule has 7 nitrogen and oxygen atoms in total. The second-order valence-corrected chi connectivity index (χ2v) is 12.9. The summed E-state index contributed by atoms with van der Waals surface area (Å²) in [6.07, 6.45) is 1.78. The molecule has 2 rings (SSSR count). The Balaban J connectivity index is 2.34. The van der Waals surface area contributed by atoms with Crippen LogP contribution >= 0.6 is 0 Å². The van der Waals surface area contributed by atoms with Crippen molar-refractivity contribution < 1.29 is 19.1 Å². The number of carbonyl (C=O) groups excluding carboxylic acids is 3. The Morgan fingerprint density at radius 3 is 1.93 bits per heavy atom. The maximum Gasteiger partial charge on any atom is 0.333 e. The van der Waals surface area contributed by atoms with Crippen LogP contribution in [-0.4, -0.2) is 61.5 Å². The van der Waals surface area contributed by atoms with Gasteiger partial charge >= 0.3 is 5.97 Å². The molecule has 0 saturated carbocycles. The molecular formula is C35H51N3O4. The molecule has 0 bridgehead atoms. The number of benzene rings is 2. The van der Waals surface area contributed by atoms with Gasteiger partial charge in [-0.15, -0.1) is 0 Å². The highest BCUT2D eigenvalue weighted by molar-refractivity contribution is 5.92. The summed E-state index contributed by atoms with van der Waals surface area (Å²) in [4.78, 5) is 41.8. The van der Waals surface area contributed by atoms with E-state index < -0.39 is 28.9 Å². The quantitative estimate of drug-likeness (QED) is 0.248. The van der Waals surface area contributed by atoms with E-state index in [2.05, 4.69) is 47.0 Å². The monoisotopic (exact) mass is 577 g/mol. The Bertz CT molecular complexity index is 1230. The van der Waals surface area contributed by atoms with E-state index in [9.17, 15) is 14.4 Å². The summed E-state index contributed by atoms with van der Waals surface area (Å²) >= 11 is 0. The highest BCUT2D eigenvalue weighted by Crippen LogP contribution is 2.31. The largest absolute Gasteiger partial charge is 0.463 e. The molecule has 2 N–H and O–H groups in total. The molecule has 0 heterocycles. The van der Waals surface area contributed by atoms with Crippen LogP contribution in [0.4, 0.5) is 0 Å². The molecule has 42 heavy (non-hydrogen) atoms. The third-order valence-corrected chi connectivity index (χ3v) is 7.90. The Hall–Kier alpha value is -3.45. The summed E-state index contributed by atoms with van der Waals surface area (Å²) in [5.41, 5.74) is 2.54. The zero-order valence-electron chi connectivity index (χ0n) is 27.4. The number of nitrogens with zero attached hydrogens (tertiary/aromatic N) is 1. The summed E-state index contributed by atoms with van der Waals surface area (Å²) in [5, 5.41) is 6.29. The summed E-state index contributed by atoms with van der Waals surface area (Å²) < 4.78 is 5.14. The van der Waals surface area contributed by atoms with Crippen molar-refractivity contribution in [2.24, 2.45) is 11.3 Å². The van der Waals surface area contributed by atoms with Gasteiger partial charge in [0.1, 0.15) is 6.04 Å². The number of hydrogen-bond acceptors (Lipinski definition) is 5. The second-order valence-electron chi connectivity index (χ2n) is 12.9. The van der Waals surface area contributed by atoms with Gasteiger partial charge in [-0.2, -0.15) is 0 Å².